The average molecular weight is 403 g/mol. The van der Waals surface area contributed by atoms with Crippen LogP contribution in [0.5, 0.6) is 5.75 Å². The molecular formula is C25H30N4O. The molecule has 1 aromatic heterocycles. The summed E-state index contributed by atoms with van der Waals surface area (Å²) in [4.78, 5) is 7.00. The first kappa shape index (κ1) is 20.1. The fourth-order valence-electron chi connectivity index (χ4n) is 3.85. The second-order valence-electron chi connectivity index (χ2n) is 7.78. The lowest BCUT2D eigenvalue weighted by molar-refractivity contribution is 0.416. The van der Waals surface area contributed by atoms with Crippen molar-refractivity contribution >= 4 is 22.9 Å². The van der Waals surface area contributed by atoms with Crippen LogP contribution in [0.1, 0.15) is 30.4 Å². The number of aromatic nitrogens is 1. The molecular weight excluding hydrogens is 372 g/mol. The highest BCUT2D eigenvalue weighted by atomic mass is 16.5. The lowest BCUT2D eigenvalue weighted by Gasteiger charge is -2.29. The van der Waals surface area contributed by atoms with Gasteiger partial charge in [-0.2, -0.15) is 0 Å². The number of methoxy groups -OCH3 is 1. The van der Waals surface area contributed by atoms with Crippen molar-refractivity contribution in [3.05, 3.63) is 71.9 Å². The van der Waals surface area contributed by atoms with Crippen molar-refractivity contribution in [2.45, 2.75) is 32.7 Å². The van der Waals surface area contributed by atoms with Gasteiger partial charge in [-0.25, -0.2) is 4.98 Å². The summed E-state index contributed by atoms with van der Waals surface area (Å²) in [5.74, 6) is 1.62. The van der Waals surface area contributed by atoms with Crippen molar-refractivity contribution in [2.24, 2.45) is 0 Å². The lowest BCUT2D eigenvalue weighted by Crippen LogP contribution is -2.29. The Kier molecular flexibility index (Phi) is 6.38. The van der Waals surface area contributed by atoms with Gasteiger partial charge in [-0.3, -0.25) is 0 Å². The monoisotopic (exact) mass is 402 g/mol. The van der Waals surface area contributed by atoms with E-state index in [2.05, 4.69) is 76.0 Å². The maximum atomic E-state index is 5.68. The fourth-order valence-corrected chi connectivity index (χ4v) is 3.85. The number of nitrogens with one attached hydrogen (secondary N) is 2. The first-order chi connectivity index (χ1) is 14.7. The summed E-state index contributed by atoms with van der Waals surface area (Å²) in [5.41, 5.74) is 5.57. The van der Waals surface area contributed by atoms with Gasteiger partial charge in [-0.05, 0) is 49.4 Å². The molecule has 2 aromatic carbocycles. The van der Waals surface area contributed by atoms with E-state index in [-0.39, 0.29) is 0 Å². The maximum Gasteiger partial charge on any atom is 0.144 e. The summed E-state index contributed by atoms with van der Waals surface area (Å²) < 4.78 is 5.68. The zero-order valence-corrected chi connectivity index (χ0v) is 17.8. The molecule has 4 rings (SSSR count). The van der Waals surface area contributed by atoms with Gasteiger partial charge in [0.1, 0.15) is 11.6 Å². The molecule has 156 valence electrons. The van der Waals surface area contributed by atoms with Gasteiger partial charge < -0.3 is 20.3 Å². The van der Waals surface area contributed by atoms with Crippen LogP contribution in [-0.2, 0) is 6.54 Å². The third kappa shape index (κ3) is 4.85. The molecule has 0 bridgehead atoms. The lowest BCUT2D eigenvalue weighted by atomic mass is 10.1. The van der Waals surface area contributed by atoms with Crippen molar-refractivity contribution < 1.29 is 4.74 Å². The summed E-state index contributed by atoms with van der Waals surface area (Å²) in [7, 11) is 1.72. The molecule has 1 fully saturated rings. The van der Waals surface area contributed by atoms with Crippen LogP contribution in [0.3, 0.4) is 0 Å². The first-order valence-corrected chi connectivity index (χ1v) is 10.7. The first-order valence-electron chi connectivity index (χ1n) is 10.7. The van der Waals surface area contributed by atoms with Gasteiger partial charge >= 0.3 is 0 Å². The summed E-state index contributed by atoms with van der Waals surface area (Å²) in [6.45, 7) is 5.08. The fraction of sp³-hybridized carbons (Fsp3) is 0.320. The molecule has 0 unspecified atom stereocenters. The highest BCUT2D eigenvalue weighted by molar-refractivity contribution is 5.71. The number of piperidine rings is 1. The van der Waals surface area contributed by atoms with Crippen LogP contribution in [-0.4, -0.2) is 25.2 Å². The van der Waals surface area contributed by atoms with Gasteiger partial charge in [0.2, 0.25) is 0 Å². The molecule has 0 spiro atoms. The number of rotatable bonds is 7. The molecule has 1 saturated heterocycles. The SMILES string of the molecule is COc1cc(N2CCCCC2)ccc1Nc1cc(NCc2ccccc2)c(C)cn1. The van der Waals surface area contributed by atoms with Gasteiger partial charge in [0.05, 0.1) is 12.8 Å². The number of anilines is 4. The summed E-state index contributed by atoms with van der Waals surface area (Å²) >= 11 is 0. The molecule has 5 nitrogen and oxygen atoms in total. The smallest absolute Gasteiger partial charge is 0.144 e. The van der Waals surface area contributed by atoms with Crippen LogP contribution in [0.25, 0.3) is 0 Å². The predicted molar refractivity (Wildman–Crippen MR) is 125 cm³/mol. The Bertz CT molecular complexity index is 968. The maximum absolute atomic E-state index is 5.68. The molecule has 0 aliphatic carbocycles. The van der Waals surface area contributed by atoms with Crippen molar-refractivity contribution in [3.63, 3.8) is 0 Å². The topological polar surface area (TPSA) is 49.4 Å². The van der Waals surface area contributed by atoms with Gasteiger partial charge in [0.15, 0.2) is 0 Å². The standard InChI is InChI=1S/C25H30N4O/c1-19-17-27-25(16-23(19)26-18-20-9-5-3-6-10-20)28-22-12-11-21(15-24(22)30-2)29-13-7-4-8-14-29/h3,5-6,9-12,15-17H,4,7-8,13-14,18H2,1-2H3,(H2,26,27,28). The number of aryl methyl sites for hydroxylation is 1. The minimum Gasteiger partial charge on any atom is -0.494 e. The average Bonchev–Trinajstić information content (AvgIpc) is 2.81. The van der Waals surface area contributed by atoms with Crippen LogP contribution in [0.15, 0.2) is 60.8 Å². The van der Waals surface area contributed by atoms with Crippen LogP contribution in [0.4, 0.5) is 22.9 Å². The molecule has 0 saturated carbocycles. The molecule has 0 radical (unpaired) electrons. The van der Waals surface area contributed by atoms with E-state index in [0.29, 0.717) is 0 Å². The number of hydrogen-bond acceptors (Lipinski definition) is 5. The summed E-state index contributed by atoms with van der Waals surface area (Å²) in [5, 5.41) is 6.94. The molecule has 2 N–H and O–H groups in total. The number of ether oxygens (including phenoxy) is 1. The van der Waals surface area contributed by atoms with Gasteiger partial charge in [-0.15, -0.1) is 0 Å². The molecule has 5 heteroatoms. The second-order valence-corrected chi connectivity index (χ2v) is 7.78. The molecule has 30 heavy (non-hydrogen) atoms. The number of hydrogen-bond donors (Lipinski definition) is 2. The van der Waals surface area contributed by atoms with E-state index < -0.39 is 0 Å². The molecule has 1 aliphatic rings. The van der Waals surface area contributed by atoms with Crippen molar-refractivity contribution in [2.75, 3.05) is 35.7 Å². The Morgan fingerprint density at radius 3 is 2.53 bits per heavy atom. The number of nitrogens with zero attached hydrogens (tertiary/aromatic N) is 2. The normalized spacial score (nSPS) is 13.7. The third-order valence-electron chi connectivity index (χ3n) is 5.60. The highest BCUT2D eigenvalue weighted by Gasteiger charge is 2.14. The molecule has 1 aliphatic heterocycles. The third-order valence-corrected chi connectivity index (χ3v) is 5.60. The van der Waals surface area contributed by atoms with Crippen LogP contribution < -0.4 is 20.3 Å². The Labute approximate surface area is 179 Å². The van der Waals surface area contributed by atoms with Crippen LogP contribution >= 0.6 is 0 Å². The van der Waals surface area contributed by atoms with E-state index in [4.69, 9.17) is 4.74 Å². The van der Waals surface area contributed by atoms with Crippen molar-refractivity contribution in [3.8, 4) is 5.75 Å². The van der Waals surface area contributed by atoms with Crippen molar-refractivity contribution in [1.82, 2.24) is 4.98 Å². The molecule has 0 atom stereocenters. The minimum atomic E-state index is 0.777. The van der Waals surface area contributed by atoms with E-state index in [9.17, 15) is 0 Å². The Hall–Kier alpha value is -3.21. The van der Waals surface area contributed by atoms with E-state index in [1.807, 2.05) is 12.3 Å². The molecule has 3 aromatic rings. The van der Waals surface area contributed by atoms with Crippen LogP contribution in [0.2, 0.25) is 0 Å². The Morgan fingerprint density at radius 2 is 1.77 bits per heavy atom. The summed E-state index contributed by atoms with van der Waals surface area (Å²) in [6.07, 6.45) is 5.74. The zero-order chi connectivity index (χ0) is 20.8. The van der Waals surface area contributed by atoms with E-state index in [1.165, 1.54) is 30.5 Å². The van der Waals surface area contributed by atoms with Gasteiger partial charge in [0, 0.05) is 49.3 Å². The van der Waals surface area contributed by atoms with Gasteiger partial charge in [-0.1, -0.05) is 30.3 Å². The molecule has 2 heterocycles. The predicted octanol–water partition coefficient (Wildman–Crippen LogP) is 5.74. The quantitative estimate of drug-likeness (QED) is 0.527. The second kappa shape index (κ2) is 9.53. The minimum absolute atomic E-state index is 0.777. The molecule has 0 amide bonds. The van der Waals surface area contributed by atoms with E-state index in [0.717, 1.165) is 48.1 Å². The van der Waals surface area contributed by atoms with Crippen LogP contribution in [0, 0.1) is 6.92 Å². The van der Waals surface area contributed by atoms with Crippen molar-refractivity contribution in [1.29, 1.82) is 0 Å². The summed E-state index contributed by atoms with van der Waals surface area (Å²) in [6, 6.07) is 18.8. The Balaban J connectivity index is 1.49. The number of pyridine rings is 1. The van der Waals surface area contributed by atoms with E-state index >= 15 is 0 Å². The van der Waals surface area contributed by atoms with E-state index in [1.54, 1.807) is 7.11 Å². The number of benzene rings is 2. The van der Waals surface area contributed by atoms with Gasteiger partial charge in [0.25, 0.3) is 0 Å². The highest BCUT2D eigenvalue weighted by Crippen LogP contribution is 2.33. The zero-order valence-electron chi connectivity index (χ0n) is 17.8. The largest absolute Gasteiger partial charge is 0.494 e. The Morgan fingerprint density at radius 1 is 0.967 bits per heavy atom.